The monoisotopic (exact) mass is 254 g/mol. The van der Waals surface area contributed by atoms with E-state index in [1.807, 2.05) is 0 Å². The lowest BCUT2D eigenvalue weighted by molar-refractivity contribution is 0.170. The van der Waals surface area contributed by atoms with E-state index < -0.39 is 0 Å². The molecule has 0 atom stereocenters. The molecule has 1 aromatic rings. The van der Waals surface area contributed by atoms with E-state index in [0.29, 0.717) is 35.4 Å². The molecule has 0 radical (unpaired) electrons. The summed E-state index contributed by atoms with van der Waals surface area (Å²) >= 11 is 0. The fraction of sp³-hybridized carbons (Fsp3) is 0.538. The van der Waals surface area contributed by atoms with Gasteiger partial charge in [-0.2, -0.15) is 0 Å². The van der Waals surface area contributed by atoms with E-state index in [2.05, 4.69) is 6.92 Å². The second kappa shape index (κ2) is 5.71. The summed E-state index contributed by atoms with van der Waals surface area (Å²) in [6.45, 7) is 2.93. The number of methoxy groups -OCH3 is 2. The maximum atomic E-state index is 5.70. The summed E-state index contributed by atoms with van der Waals surface area (Å²) in [6.07, 6.45) is 2.06. The van der Waals surface area contributed by atoms with E-state index in [0.717, 1.165) is 12.8 Å². The standard InChI is InChI=1S/C13H18O5/c1-4-5-6-16-9-7-10-12(18-8-17-10)13(15-3)11(9)14-2/h7H,4-6,8H2,1-3H3. The van der Waals surface area contributed by atoms with Gasteiger partial charge in [0.15, 0.2) is 11.5 Å². The number of unbranched alkanes of at least 4 members (excludes halogenated alkanes) is 1. The Morgan fingerprint density at radius 2 is 1.94 bits per heavy atom. The van der Waals surface area contributed by atoms with Crippen LogP contribution in [-0.4, -0.2) is 27.6 Å². The lowest BCUT2D eigenvalue weighted by atomic mass is 10.2. The van der Waals surface area contributed by atoms with Crippen LogP contribution in [0.2, 0.25) is 0 Å². The summed E-state index contributed by atoms with van der Waals surface area (Å²) in [7, 11) is 3.14. The van der Waals surface area contributed by atoms with Gasteiger partial charge < -0.3 is 23.7 Å². The van der Waals surface area contributed by atoms with Gasteiger partial charge in [-0.25, -0.2) is 0 Å². The molecule has 1 aliphatic heterocycles. The Morgan fingerprint density at radius 1 is 1.17 bits per heavy atom. The molecule has 1 aliphatic rings. The lowest BCUT2D eigenvalue weighted by Gasteiger charge is -2.15. The van der Waals surface area contributed by atoms with Crippen LogP contribution in [0.4, 0.5) is 0 Å². The first-order chi connectivity index (χ1) is 8.81. The third kappa shape index (κ3) is 2.25. The van der Waals surface area contributed by atoms with E-state index in [1.54, 1.807) is 20.3 Å². The first kappa shape index (κ1) is 12.7. The van der Waals surface area contributed by atoms with Crippen LogP contribution in [0.5, 0.6) is 28.7 Å². The second-order valence-electron chi connectivity index (χ2n) is 3.88. The van der Waals surface area contributed by atoms with E-state index in [9.17, 15) is 0 Å². The van der Waals surface area contributed by atoms with E-state index >= 15 is 0 Å². The van der Waals surface area contributed by atoms with Crippen LogP contribution in [0.25, 0.3) is 0 Å². The average molecular weight is 254 g/mol. The summed E-state index contributed by atoms with van der Waals surface area (Å²) in [5.41, 5.74) is 0. The Hall–Kier alpha value is -1.78. The third-order valence-corrected chi connectivity index (χ3v) is 2.70. The SMILES string of the molecule is CCCCOc1cc2c(c(OC)c1OC)OCO2. The van der Waals surface area contributed by atoms with Crippen LogP contribution in [0.1, 0.15) is 19.8 Å². The average Bonchev–Trinajstić information content (AvgIpc) is 2.85. The minimum atomic E-state index is 0.188. The van der Waals surface area contributed by atoms with Gasteiger partial charge in [0.1, 0.15) is 0 Å². The van der Waals surface area contributed by atoms with Gasteiger partial charge >= 0.3 is 0 Å². The Kier molecular flexibility index (Phi) is 4.02. The predicted molar refractivity (Wildman–Crippen MR) is 66.1 cm³/mol. The van der Waals surface area contributed by atoms with Crippen molar-refractivity contribution in [2.24, 2.45) is 0 Å². The van der Waals surface area contributed by atoms with Gasteiger partial charge in [-0.15, -0.1) is 0 Å². The molecule has 2 rings (SSSR count). The molecular formula is C13H18O5. The maximum Gasteiger partial charge on any atom is 0.231 e. The highest BCUT2D eigenvalue weighted by atomic mass is 16.7. The molecule has 1 heterocycles. The van der Waals surface area contributed by atoms with Gasteiger partial charge in [-0.05, 0) is 6.42 Å². The van der Waals surface area contributed by atoms with Gasteiger partial charge in [0.2, 0.25) is 24.0 Å². The molecule has 5 nitrogen and oxygen atoms in total. The number of benzene rings is 1. The van der Waals surface area contributed by atoms with Crippen molar-refractivity contribution in [2.45, 2.75) is 19.8 Å². The molecule has 0 bridgehead atoms. The Labute approximate surface area is 107 Å². The van der Waals surface area contributed by atoms with E-state index in [1.165, 1.54) is 0 Å². The van der Waals surface area contributed by atoms with Crippen LogP contribution in [-0.2, 0) is 0 Å². The van der Waals surface area contributed by atoms with E-state index in [4.69, 9.17) is 23.7 Å². The summed E-state index contributed by atoms with van der Waals surface area (Å²) < 4.78 is 27.1. The molecule has 0 N–H and O–H groups in total. The van der Waals surface area contributed by atoms with Gasteiger partial charge in [0.25, 0.3) is 0 Å². The van der Waals surface area contributed by atoms with E-state index in [-0.39, 0.29) is 6.79 Å². The first-order valence-corrected chi connectivity index (χ1v) is 5.99. The van der Waals surface area contributed by atoms with Crippen molar-refractivity contribution >= 4 is 0 Å². The first-order valence-electron chi connectivity index (χ1n) is 5.99. The number of hydrogen-bond donors (Lipinski definition) is 0. The van der Waals surface area contributed by atoms with Crippen molar-refractivity contribution < 1.29 is 23.7 Å². The molecule has 0 aliphatic carbocycles. The van der Waals surface area contributed by atoms with Gasteiger partial charge in [-0.1, -0.05) is 13.3 Å². The smallest absolute Gasteiger partial charge is 0.231 e. The van der Waals surface area contributed by atoms with Crippen LogP contribution < -0.4 is 23.7 Å². The van der Waals surface area contributed by atoms with Crippen LogP contribution >= 0.6 is 0 Å². The highest BCUT2D eigenvalue weighted by molar-refractivity contribution is 5.66. The van der Waals surface area contributed by atoms with Gasteiger partial charge in [-0.3, -0.25) is 0 Å². The zero-order valence-electron chi connectivity index (χ0n) is 10.9. The molecule has 0 saturated heterocycles. The Balaban J connectivity index is 2.33. The zero-order chi connectivity index (χ0) is 13.0. The van der Waals surface area contributed by atoms with Gasteiger partial charge in [0.05, 0.1) is 20.8 Å². The van der Waals surface area contributed by atoms with Crippen LogP contribution in [0.3, 0.4) is 0 Å². The van der Waals surface area contributed by atoms with Crippen molar-refractivity contribution in [3.63, 3.8) is 0 Å². The summed E-state index contributed by atoms with van der Waals surface area (Å²) in [4.78, 5) is 0. The number of ether oxygens (including phenoxy) is 5. The largest absolute Gasteiger partial charge is 0.490 e. The number of hydrogen-bond acceptors (Lipinski definition) is 5. The molecule has 0 amide bonds. The fourth-order valence-electron chi connectivity index (χ4n) is 1.79. The molecule has 5 heteroatoms. The molecule has 0 spiro atoms. The van der Waals surface area contributed by atoms with Crippen molar-refractivity contribution in [2.75, 3.05) is 27.6 Å². The van der Waals surface area contributed by atoms with Crippen molar-refractivity contribution in [3.8, 4) is 28.7 Å². The second-order valence-corrected chi connectivity index (χ2v) is 3.88. The highest BCUT2D eigenvalue weighted by Gasteiger charge is 2.26. The molecule has 0 saturated carbocycles. The topological polar surface area (TPSA) is 46.2 Å². The van der Waals surface area contributed by atoms with Crippen molar-refractivity contribution in [1.29, 1.82) is 0 Å². The fourth-order valence-corrected chi connectivity index (χ4v) is 1.79. The molecule has 100 valence electrons. The lowest BCUT2D eigenvalue weighted by Crippen LogP contribution is -2.00. The summed E-state index contributed by atoms with van der Waals surface area (Å²) in [5.74, 6) is 2.86. The maximum absolute atomic E-state index is 5.70. The Bertz CT molecular complexity index is 416. The number of fused-ring (bicyclic) bond motifs is 1. The molecule has 18 heavy (non-hydrogen) atoms. The van der Waals surface area contributed by atoms with Crippen LogP contribution in [0, 0.1) is 0 Å². The zero-order valence-corrected chi connectivity index (χ0v) is 10.9. The molecule has 1 aromatic carbocycles. The molecule has 0 unspecified atom stereocenters. The predicted octanol–water partition coefficient (Wildman–Crippen LogP) is 2.61. The summed E-state index contributed by atoms with van der Waals surface area (Å²) in [5, 5.41) is 0. The minimum Gasteiger partial charge on any atom is -0.490 e. The molecule has 0 aromatic heterocycles. The van der Waals surface area contributed by atoms with Gasteiger partial charge in [0, 0.05) is 6.07 Å². The quantitative estimate of drug-likeness (QED) is 0.730. The van der Waals surface area contributed by atoms with Crippen molar-refractivity contribution in [1.82, 2.24) is 0 Å². The third-order valence-electron chi connectivity index (χ3n) is 2.70. The molecular weight excluding hydrogens is 236 g/mol. The number of rotatable bonds is 6. The normalized spacial score (nSPS) is 12.4. The molecule has 0 fully saturated rings. The minimum absolute atomic E-state index is 0.188. The van der Waals surface area contributed by atoms with Crippen LogP contribution in [0.15, 0.2) is 6.07 Å². The highest BCUT2D eigenvalue weighted by Crippen LogP contribution is 2.52. The summed E-state index contributed by atoms with van der Waals surface area (Å²) in [6, 6.07) is 1.78. The van der Waals surface area contributed by atoms with Crippen molar-refractivity contribution in [3.05, 3.63) is 6.07 Å². The Morgan fingerprint density at radius 3 is 2.61 bits per heavy atom.